The van der Waals surface area contributed by atoms with Gasteiger partial charge in [0.15, 0.2) is 0 Å². The Labute approximate surface area is 128 Å². The van der Waals surface area contributed by atoms with Crippen molar-refractivity contribution in [2.75, 3.05) is 0 Å². The van der Waals surface area contributed by atoms with Crippen molar-refractivity contribution in [1.29, 1.82) is 0 Å². The third-order valence-electron chi connectivity index (χ3n) is 3.80. The van der Waals surface area contributed by atoms with Gasteiger partial charge in [-0.25, -0.2) is 4.79 Å². The van der Waals surface area contributed by atoms with E-state index in [1.807, 2.05) is 44.2 Å². The van der Waals surface area contributed by atoms with Gasteiger partial charge in [-0.1, -0.05) is 44.2 Å². The number of thioether (sulfide) groups is 1. The molecule has 21 heavy (non-hydrogen) atoms. The number of nitrogens with zero attached hydrogens (tertiary/aromatic N) is 1. The zero-order valence-corrected chi connectivity index (χ0v) is 12.8. The molecule has 5 heteroatoms. The topological polar surface area (TPSA) is 46.6 Å². The first-order valence-corrected chi connectivity index (χ1v) is 7.93. The summed E-state index contributed by atoms with van der Waals surface area (Å²) in [5.74, 6) is -0.0997. The van der Waals surface area contributed by atoms with Crippen molar-refractivity contribution in [3.63, 3.8) is 0 Å². The molecule has 0 saturated carbocycles. The minimum atomic E-state index is -0.426. The lowest BCUT2D eigenvalue weighted by atomic mass is 9.86. The lowest BCUT2D eigenvalue weighted by molar-refractivity contribution is -0.156. The van der Waals surface area contributed by atoms with Gasteiger partial charge in [-0.3, -0.25) is 9.69 Å². The summed E-state index contributed by atoms with van der Waals surface area (Å²) in [5, 5.41) is 1.81. The molecule has 0 spiro atoms. The highest BCUT2D eigenvalue weighted by Gasteiger charge is 2.54. The van der Waals surface area contributed by atoms with E-state index in [-0.39, 0.29) is 23.8 Å². The summed E-state index contributed by atoms with van der Waals surface area (Å²) < 4.78 is 5.29. The average molecular weight is 303 g/mol. The fraction of sp³-hybridized carbons (Fsp3) is 0.375. The quantitative estimate of drug-likeness (QED) is 0.634. The molecule has 1 aromatic carbocycles. The summed E-state index contributed by atoms with van der Waals surface area (Å²) in [6, 6.07) is 9.51. The van der Waals surface area contributed by atoms with Crippen LogP contribution in [0.5, 0.6) is 0 Å². The highest BCUT2D eigenvalue weighted by molar-refractivity contribution is 8.03. The van der Waals surface area contributed by atoms with Gasteiger partial charge < -0.3 is 4.74 Å². The zero-order valence-electron chi connectivity index (χ0n) is 12.0. The van der Waals surface area contributed by atoms with E-state index in [1.165, 1.54) is 11.8 Å². The van der Waals surface area contributed by atoms with Crippen molar-refractivity contribution in [3.8, 4) is 0 Å². The van der Waals surface area contributed by atoms with Crippen molar-refractivity contribution in [3.05, 3.63) is 47.0 Å². The number of hydrogen-bond donors (Lipinski definition) is 0. The van der Waals surface area contributed by atoms with E-state index in [1.54, 1.807) is 10.3 Å². The monoisotopic (exact) mass is 303 g/mol. The van der Waals surface area contributed by atoms with Gasteiger partial charge in [0.1, 0.15) is 12.3 Å². The van der Waals surface area contributed by atoms with Crippen LogP contribution in [-0.4, -0.2) is 22.2 Å². The summed E-state index contributed by atoms with van der Waals surface area (Å²) in [5.41, 5.74) is 1.31. The maximum Gasteiger partial charge on any atom is 0.355 e. The normalized spacial score (nSPS) is 23.7. The van der Waals surface area contributed by atoms with Crippen molar-refractivity contribution in [2.45, 2.75) is 25.8 Å². The Morgan fingerprint density at radius 2 is 2.05 bits per heavy atom. The van der Waals surface area contributed by atoms with Crippen LogP contribution < -0.4 is 0 Å². The van der Waals surface area contributed by atoms with E-state index in [0.717, 1.165) is 5.56 Å². The second-order valence-corrected chi connectivity index (χ2v) is 6.56. The fourth-order valence-corrected chi connectivity index (χ4v) is 4.05. The van der Waals surface area contributed by atoms with Gasteiger partial charge in [0, 0.05) is 5.41 Å². The molecule has 0 radical (unpaired) electrons. The minimum Gasteiger partial charge on any atom is -0.456 e. The van der Waals surface area contributed by atoms with Gasteiger partial charge in [0.05, 0.1) is 11.3 Å². The van der Waals surface area contributed by atoms with Crippen LogP contribution in [0.1, 0.15) is 19.4 Å². The van der Waals surface area contributed by atoms with Gasteiger partial charge in [-0.15, -0.1) is 11.8 Å². The third-order valence-corrected chi connectivity index (χ3v) is 4.95. The third kappa shape index (κ3) is 2.46. The molecule has 2 aliphatic heterocycles. The molecule has 0 unspecified atom stereocenters. The molecular formula is C16H17NO3S. The number of carbonyl (C=O) groups excluding carboxylic acids is 2. The van der Waals surface area contributed by atoms with Crippen LogP contribution in [-0.2, 0) is 20.9 Å². The Balaban J connectivity index is 1.61. The van der Waals surface area contributed by atoms with Crippen molar-refractivity contribution in [2.24, 2.45) is 11.8 Å². The van der Waals surface area contributed by atoms with Crippen molar-refractivity contribution < 1.29 is 14.3 Å². The molecule has 1 fully saturated rings. The van der Waals surface area contributed by atoms with Gasteiger partial charge in [-0.2, -0.15) is 0 Å². The molecular weight excluding hydrogens is 286 g/mol. The second-order valence-electron chi connectivity index (χ2n) is 5.57. The van der Waals surface area contributed by atoms with E-state index in [9.17, 15) is 9.59 Å². The molecule has 1 aromatic rings. The number of rotatable bonds is 4. The second kappa shape index (κ2) is 5.56. The van der Waals surface area contributed by atoms with Gasteiger partial charge in [-0.05, 0) is 11.5 Å². The minimum absolute atomic E-state index is 0.00525. The summed E-state index contributed by atoms with van der Waals surface area (Å²) in [7, 11) is 0. The number of benzene rings is 1. The van der Waals surface area contributed by atoms with Crippen LogP contribution in [0.4, 0.5) is 0 Å². The molecule has 0 N–H and O–H groups in total. The van der Waals surface area contributed by atoms with E-state index < -0.39 is 5.97 Å². The molecule has 0 aliphatic carbocycles. The molecule has 1 amide bonds. The maximum atomic E-state index is 12.1. The van der Waals surface area contributed by atoms with Crippen molar-refractivity contribution >= 4 is 23.6 Å². The highest BCUT2D eigenvalue weighted by Crippen LogP contribution is 2.47. The van der Waals surface area contributed by atoms with Gasteiger partial charge in [0.25, 0.3) is 0 Å². The molecule has 3 rings (SSSR count). The first kappa shape index (κ1) is 14.2. The Hall–Kier alpha value is -1.75. The Bertz CT molecular complexity index is 597. The van der Waals surface area contributed by atoms with Crippen molar-refractivity contribution in [1.82, 2.24) is 4.90 Å². The molecule has 0 aromatic heterocycles. The fourth-order valence-electron chi connectivity index (χ4n) is 2.64. The van der Waals surface area contributed by atoms with Crippen LogP contribution in [0, 0.1) is 11.8 Å². The highest BCUT2D eigenvalue weighted by atomic mass is 32.2. The smallest absolute Gasteiger partial charge is 0.355 e. The average Bonchev–Trinajstić information content (AvgIpc) is 2.84. The first-order chi connectivity index (χ1) is 10.1. The summed E-state index contributed by atoms with van der Waals surface area (Å²) in [6.07, 6.45) is 0. The first-order valence-electron chi connectivity index (χ1n) is 6.99. The Morgan fingerprint density at radius 1 is 1.33 bits per heavy atom. The SMILES string of the molecule is CC(C)[C@H]1C(=O)N2C(C(=O)OCc3ccccc3)=CS[C@@H]12. The molecule has 2 atom stereocenters. The maximum absolute atomic E-state index is 12.1. The van der Waals surface area contributed by atoms with Gasteiger partial charge >= 0.3 is 5.97 Å². The summed E-state index contributed by atoms with van der Waals surface area (Å²) >= 11 is 1.53. The molecule has 2 aliphatic rings. The van der Waals surface area contributed by atoms with Gasteiger partial charge in [0.2, 0.25) is 5.91 Å². The molecule has 0 bridgehead atoms. The van der Waals surface area contributed by atoms with E-state index in [4.69, 9.17) is 4.74 Å². The summed E-state index contributed by atoms with van der Waals surface area (Å²) in [6.45, 7) is 4.29. The molecule has 4 nitrogen and oxygen atoms in total. The van der Waals surface area contributed by atoms with Crippen LogP contribution in [0.25, 0.3) is 0 Å². The van der Waals surface area contributed by atoms with Crippen LogP contribution in [0.2, 0.25) is 0 Å². The van der Waals surface area contributed by atoms with Crippen LogP contribution >= 0.6 is 11.8 Å². The molecule has 110 valence electrons. The van der Waals surface area contributed by atoms with Crippen LogP contribution in [0.3, 0.4) is 0 Å². The van der Waals surface area contributed by atoms with E-state index >= 15 is 0 Å². The number of esters is 1. The predicted octanol–water partition coefficient (Wildman–Crippen LogP) is 2.76. The molecule has 1 saturated heterocycles. The largest absolute Gasteiger partial charge is 0.456 e. The number of ether oxygens (including phenoxy) is 1. The van der Waals surface area contributed by atoms with Crippen LogP contribution in [0.15, 0.2) is 41.4 Å². The molecule has 2 heterocycles. The Kier molecular flexibility index (Phi) is 3.76. The number of hydrogen-bond acceptors (Lipinski definition) is 4. The lowest BCUT2D eigenvalue weighted by Gasteiger charge is -2.44. The van der Waals surface area contributed by atoms with E-state index in [0.29, 0.717) is 11.6 Å². The lowest BCUT2D eigenvalue weighted by Crippen LogP contribution is -2.59. The predicted molar refractivity (Wildman–Crippen MR) is 80.9 cm³/mol. The summed E-state index contributed by atoms with van der Waals surface area (Å²) in [4.78, 5) is 25.8. The number of fused-ring (bicyclic) bond motifs is 1. The number of amides is 1. The standard InChI is InChI=1S/C16H17NO3S/c1-10(2)13-14(18)17-12(9-21-15(13)17)16(19)20-8-11-6-4-3-5-7-11/h3-7,9-10,13,15H,8H2,1-2H3/t13-,15-/m0/s1. The number of carbonyl (C=O) groups is 2. The van der Waals surface area contributed by atoms with E-state index in [2.05, 4.69) is 0 Å². The number of β-lactam (4-membered cyclic amide) rings is 1. The zero-order chi connectivity index (χ0) is 15.0. The Morgan fingerprint density at radius 3 is 2.71 bits per heavy atom.